The van der Waals surface area contributed by atoms with E-state index in [-0.39, 0.29) is 19.0 Å². The number of hydrogen-bond donors (Lipinski definition) is 0. The molecule has 0 atom stereocenters. The van der Waals surface area contributed by atoms with Gasteiger partial charge >= 0.3 is 5.97 Å². The van der Waals surface area contributed by atoms with Gasteiger partial charge in [0.1, 0.15) is 13.1 Å². The summed E-state index contributed by atoms with van der Waals surface area (Å²) < 4.78 is 4.70. The van der Waals surface area contributed by atoms with Gasteiger partial charge in [-0.15, -0.1) is 0 Å². The molecular weight excluding hydrogens is 376 g/mol. The topological polar surface area (TPSA) is 59.0 Å². The Hall–Kier alpha value is -2.66. The van der Waals surface area contributed by atoms with Crippen molar-refractivity contribution in [2.24, 2.45) is 10.9 Å². The first-order valence-electron chi connectivity index (χ1n) is 9.26. The second-order valence-electron chi connectivity index (χ2n) is 6.93. The van der Waals surface area contributed by atoms with Crippen LogP contribution in [0.2, 0.25) is 5.02 Å². The molecule has 1 amide bonds. The average molecular weight is 399 g/mol. The molecule has 0 spiro atoms. The number of nitrogens with zero attached hydrogens (tertiary/aromatic N) is 2. The highest BCUT2D eigenvalue weighted by molar-refractivity contribution is 6.32. The number of benzene rings is 2. The van der Waals surface area contributed by atoms with E-state index in [1.54, 1.807) is 18.2 Å². The van der Waals surface area contributed by atoms with Gasteiger partial charge in [0.25, 0.3) is 0 Å². The highest BCUT2D eigenvalue weighted by Crippen LogP contribution is 2.29. The number of carbonyl (C=O) groups is 2. The van der Waals surface area contributed by atoms with Crippen LogP contribution in [0.5, 0.6) is 0 Å². The minimum absolute atomic E-state index is 0.0481. The van der Waals surface area contributed by atoms with E-state index in [1.165, 1.54) is 24.9 Å². The normalized spacial score (nSPS) is 15.6. The van der Waals surface area contributed by atoms with Gasteiger partial charge in [-0.1, -0.05) is 61.7 Å². The molecule has 0 N–H and O–H groups in total. The van der Waals surface area contributed by atoms with Crippen molar-refractivity contribution in [1.29, 1.82) is 0 Å². The van der Waals surface area contributed by atoms with Crippen LogP contribution in [0.4, 0.5) is 5.69 Å². The third-order valence-electron chi connectivity index (χ3n) is 4.61. The Kier molecular flexibility index (Phi) is 6.47. The van der Waals surface area contributed by atoms with Crippen LogP contribution in [0.3, 0.4) is 0 Å². The number of carbonyl (C=O) groups excluding carboxylic acids is 2. The van der Waals surface area contributed by atoms with Gasteiger partial charge < -0.3 is 4.74 Å². The predicted molar refractivity (Wildman–Crippen MR) is 111 cm³/mol. The van der Waals surface area contributed by atoms with Gasteiger partial charge in [0, 0.05) is 16.1 Å². The summed E-state index contributed by atoms with van der Waals surface area (Å²) in [4.78, 5) is 30.0. The molecule has 0 saturated heterocycles. The number of ether oxygens (including phenoxy) is 1. The minimum Gasteiger partial charge on any atom is -0.468 e. The van der Waals surface area contributed by atoms with Crippen LogP contribution in [0.25, 0.3) is 0 Å². The molecule has 4 rings (SSSR count). The molecule has 0 aromatic heterocycles. The number of amides is 1. The summed E-state index contributed by atoms with van der Waals surface area (Å²) in [6.07, 6.45) is 2.97. The number of fused-ring (bicyclic) bond motifs is 1. The second-order valence-corrected chi connectivity index (χ2v) is 7.37. The number of hydrogen-bond acceptors (Lipinski definition) is 4. The fraction of sp³-hybridized carbons (Fsp3) is 0.318. The summed E-state index contributed by atoms with van der Waals surface area (Å²) in [5, 5.41) is 0.532. The van der Waals surface area contributed by atoms with E-state index in [2.05, 4.69) is 11.9 Å². The predicted octanol–water partition coefficient (Wildman–Crippen LogP) is 4.11. The van der Waals surface area contributed by atoms with Crippen LogP contribution in [0.15, 0.2) is 53.5 Å². The zero-order chi connectivity index (χ0) is 20.1. The van der Waals surface area contributed by atoms with Crippen LogP contribution in [-0.4, -0.2) is 37.8 Å². The molecule has 6 heteroatoms. The lowest BCUT2D eigenvalue weighted by Gasteiger charge is -2.22. The fourth-order valence-electron chi connectivity index (χ4n) is 2.76. The largest absolute Gasteiger partial charge is 0.468 e. The van der Waals surface area contributed by atoms with E-state index >= 15 is 0 Å². The van der Waals surface area contributed by atoms with Crippen molar-refractivity contribution >= 4 is 34.9 Å². The highest BCUT2D eigenvalue weighted by atomic mass is 35.5. The Labute approximate surface area is 170 Å². The van der Waals surface area contributed by atoms with E-state index < -0.39 is 5.97 Å². The third kappa shape index (κ3) is 4.98. The summed E-state index contributed by atoms with van der Waals surface area (Å²) in [6, 6.07) is 14.7. The summed E-state index contributed by atoms with van der Waals surface area (Å²) in [5.41, 5.74) is 2.86. The Bertz CT molecular complexity index is 892. The fourth-order valence-corrected chi connectivity index (χ4v) is 2.93. The molecule has 2 aliphatic rings. The van der Waals surface area contributed by atoms with Gasteiger partial charge in [0.05, 0.1) is 18.5 Å². The summed E-state index contributed by atoms with van der Waals surface area (Å²) in [7, 11) is 1.29. The number of rotatable bonds is 3. The van der Waals surface area contributed by atoms with Crippen molar-refractivity contribution in [3.05, 3.63) is 64.7 Å². The van der Waals surface area contributed by atoms with Crippen molar-refractivity contribution < 1.29 is 14.3 Å². The Morgan fingerprint density at radius 2 is 1.89 bits per heavy atom. The molecule has 1 aliphatic heterocycles. The number of halogens is 1. The molecule has 2 aromatic carbocycles. The number of methoxy groups -OCH3 is 1. The maximum absolute atomic E-state index is 12.5. The first-order valence-corrected chi connectivity index (χ1v) is 9.64. The third-order valence-corrected chi connectivity index (χ3v) is 4.84. The molecule has 28 heavy (non-hydrogen) atoms. The van der Waals surface area contributed by atoms with Crippen LogP contribution in [0, 0.1) is 5.92 Å². The van der Waals surface area contributed by atoms with Crippen LogP contribution < -0.4 is 4.90 Å². The lowest BCUT2D eigenvalue weighted by atomic mass is 10.0. The smallest absolute Gasteiger partial charge is 0.325 e. The van der Waals surface area contributed by atoms with Gasteiger partial charge in [-0.25, -0.2) is 0 Å². The molecule has 0 bridgehead atoms. The number of esters is 1. The molecule has 1 aliphatic carbocycles. The van der Waals surface area contributed by atoms with E-state index in [9.17, 15) is 9.59 Å². The second kappa shape index (κ2) is 9.02. The monoisotopic (exact) mass is 398 g/mol. The summed E-state index contributed by atoms with van der Waals surface area (Å²) in [6.45, 7) is 2.06. The first-order chi connectivity index (χ1) is 13.5. The van der Waals surface area contributed by atoms with Gasteiger partial charge in [-0.3, -0.25) is 19.5 Å². The Morgan fingerprint density at radius 3 is 2.50 bits per heavy atom. The van der Waals surface area contributed by atoms with Gasteiger partial charge in [-0.05, 0) is 24.1 Å². The molecule has 146 valence electrons. The van der Waals surface area contributed by atoms with Gasteiger partial charge in [0.15, 0.2) is 0 Å². The molecule has 1 heterocycles. The van der Waals surface area contributed by atoms with Crippen molar-refractivity contribution in [2.75, 3.05) is 25.1 Å². The molecule has 0 unspecified atom stereocenters. The lowest BCUT2D eigenvalue weighted by molar-refractivity contribution is -0.139. The van der Waals surface area contributed by atoms with E-state index in [0.717, 1.165) is 11.5 Å². The lowest BCUT2D eigenvalue weighted by Crippen LogP contribution is -2.37. The van der Waals surface area contributed by atoms with Crippen LogP contribution in [0.1, 0.15) is 30.9 Å². The number of anilines is 1. The highest BCUT2D eigenvalue weighted by Gasteiger charge is 2.27. The SMILES string of the molecule is CC1CC1.COC(=O)CN1C(=O)CN=C(c2ccccc2)c2cc(Cl)ccc21. The maximum atomic E-state index is 12.5. The molecular formula is C22H23ClN2O3. The maximum Gasteiger partial charge on any atom is 0.325 e. The number of aliphatic imine (C=N–C) groups is 1. The van der Waals surface area contributed by atoms with E-state index in [0.29, 0.717) is 22.0 Å². The van der Waals surface area contributed by atoms with Gasteiger partial charge in [-0.2, -0.15) is 0 Å². The van der Waals surface area contributed by atoms with Crippen LogP contribution >= 0.6 is 11.6 Å². The Morgan fingerprint density at radius 1 is 1.21 bits per heavy atom. The molecule has 1 saturated carbocycles. The first kappa shape index (κ1) is 20.1. The minimum atomic E-state index is -0.493. The number of benzodiazepines with no additional fused rings is 1. The zero-order valence-electron chi connectivity index (χ0n) is 16.0. The van der Waals surface area contributed by atoms with Crippen molar-refractivity contribution in [2.45, 2.75) is 19.8 Å². The molecule has 5 nitrogen and oxygen atoms in total. The average Bonchev–Trinajstić information content (AvgIpc) is 3.50. The van der Waals surface area contributed by atoms with Gasteiger partial charge in [0.2, 0.25) is 5.91 Å². The van der Waals surface area contributed by atoms with Crippen LogP contribution in [-0.2, 0) is 14.3 Å². The standard InChI is InChI=1S/C18H15ClN2O3.C4H8/c1-24-17(23)11-21-15-8-7-13(19)9-14(15)18(20-10-16(21)22)12-5-3-2-4-6-12;1-4-2-3-4/h2-9H,10-11H2,1H3;4H,2-3H2,1H3. The summed E-state index contributed by atoms with van der Waals surface area (Å²) in [5.74, 6) is 0.322. The summed E-state index contributed by atoms with van der Waals surface area (Å²) >= 11 is 6.15. The zero-order valence-corrected chi connectivity index (χ0v) is 16.8. The van der Waals surface area contributed by atoms with E-state index in [4.69, 9.17) is 16.3 Å². The molecule has 0 radical (unpaired) electrons. The van der Waals surface area contributed by atoms with Crippen molar-refractivity contribution in [3.63, 3.8) is 0 Å². The molecule has 1 fully saturated rings. The molecule has 2 aromatic rings. The van der Waals surface area contributed by atoms with Crippen molar-refractivity contribution in [1.82, 2.24) is 0 Å². The quantitative estimate of drug-likeness (QED) is 0.731. The van der Waals surface area contributed by atoms with Crippen molar-refractivity contribution in [3.8, 4) is 0 Å². The van der Waals surface area contributed by atoms with E-state index in [1.807, 2.05) is 30.3 Å². The Balaban J connectivity index is 0.000000500.